The lowest BCUT2D eigenvalue weighted by Crippen LogP contribution is -2.72. The minimum atomic E-state index is 0.125. The number of guanidine groups is 1. The number of hydrogen-bond donors (Lipinski definition) is 1. The highest BCUT2D eigenvalue weighted by Crippen LogP contribution is 2.46. The first-order valence-electron chi connectivity index (χ1n) is 7.93. The number of rotatable bonds is 3. The van der Waals surface area contributed by atoms with E-state index in [1.54, 1.807) is 0 Å². The molecule has 22 heavy (non-hydrogen) atoms. The Labute approximate surface area is 135 Å². The monoisotopic (exact) mass is 302 g/mol. The summed E-state index contributed by atoms with van der Waals surface area (Å²) < 4.78 is 0. The molecule has 1 fully saturated rings. The minimum absolute atomic E-state index is 0.125. The Morgan fingerprint density at radius 1 is 1.27 bits per heavy atom. The predicted molar refractivity (Wildman–Crippen MR) is 95.5 cm³/mol. The molecular weight excluding hydrogens is 272 g/mol. The maximum Gasteiger partial charge on any atom is 0.194 e. The van der Waals surface area contributed by atoms with Crippen LogP contribution in [0.1, 0.15) is 33.3 Å². The van der Waals surface area contributed by atoms with Crippen LogP contribution in [0.15, 0.2) is 29.3 Å². The van der Waals surface area contributed by atoms with Crippen LogP contribution in [0.25, 0.3) is 0 Å². The van der Waals surface area contributed by atoms with Gasteiger partial charge in [-0.15, -0.1) is 0 Å². The average molecular weight is 302 g/mol. The van der Waals surface area contributed by atoms with E-state index in [-0.39, 0.29) is 5.54 Å². The Kier molecular flexibility index (Phi) is 4.41. The van der Waals surface area contributed by atoms with E-state index in [4.69, 9.17) is 0 Å². The molecule has 1 aliphatic heterocycles. The predicted octanol–water partition coefficient (Wildman–Crippen LogP) is 2.95. The Morgan fingerprint density at radius 2 is 1.95 bits per heavy atom. The van der Waals surface area contributed by atoms with Crippen LogP contribution in [-0.4, -0.2) is 44.1 Å². The maximum absolute atomic E-state index is 4.46. The Bertz CT molecular complexity index is 558. The van der Waals surface area contributed by atoms with Gasteiger partial charge in [0.25, 0.3) is 0 Å². The van der Waals surface area contributed by atoms with E-state index in [0.29, 0.717) is 5.41 Å². The van der Waals surface area contributed by atoms with E-state index < -0.39 is 0 Å². The zero-order valence-corrected chi connectivity index (χ0v) is 15.1. The third-order valence-corrected chi connectivity index (χ3v) is 5.23. The van der Waals surface area contributed by atoms with Gasteiger partial charge in [-0.1, -0.05) is 26.0 Å². The number of aliphatic imine (C=N–C) groups is 1. The molecule has 0 aromatic heterocycles. The second-order valence-corrected chi connectivity index (χ2v) is 7.49. The number of hydrogen-bond acceptors (Lipinski definition) is 2. The minimum Gasteiger partial charge on any atom is -0.378 e. The first kappa shape index (κ1) is 16.7. The molecule has 0 aliphatic carbocycles. The van der Waals surface area contributed by atoms with Crippen molar-refractivity contribution in [2.45, 2.75) is 39.8 Å². The van der Waals surface area contributed by atoms with Gasteiger partial charge in [-0.3, -0.25) is 4.99 Å². The van der Waals surface area contributed by atoms with Crippen molar-refractivity contribution in [2.24, 2.45) is 10.4 Å². The van der Waals surface area contributed by atoms with Crippen molar-refractivity contribution < 1.29 is 0 Å². The summed E-state index contributed by atoms with van der Waals surface area (Å²) in [7, 11) is 5.99. The second-order valence-electron chi connectivity index (χ2n) is 7.49. The maximum atomic E-state index is 4.46. The van der Waals surface area contributed by atoms with Crippen molar-refractivity contribution in [2.75, 3.05) is 32.6 Å². The summed E-state index contributed by atoms with van der Waals surface area (Å²) in [6.07, 6.45) is 0. The van der Waals surface area contributed by atoms with Crippen LogP contribution in [0.5, 0.6) is 0 Å². The molecule has 4 heteroatoms. The molecule has 0 atom stereocenters. The van der Waals surface area contributed by atoms with Crippen LogP contribution in [0, 0.1) is 5.41 Å². The lowest BCUT2D eigenvalue weighted by atomic mass is 9.65. The van der Waals surface area contributed by atoms with E-state index in [2.05, 4.69) is 86.2 Å². The molecule has 0 unspecified atom stereocenters. The van der Waals surface area contributed by atoms with E-state index in [1.807, 2.05) is 7.05 Å². The van der Waals surface area contributed by atoms with Gasteiger partial charge in [0.1, 0.15) is 0 Å². The van der Waals surface area contributed by atoms with E-state index in [0.717, 1.165) is 19.0 Å². The quantitative estimate of drug-likeness (QED) is 0.688. The second kappa shape index (κ2) is 5.82. The van der Waals surface area contributed by atoms with Gasteiger partial charge in [-0.25, -0.2) is 0 Å². The molecule has 1 aromatic rings. The largest absolute Gasteiger partial charge is 0.378 e. The molecule has 1 N–H and O–H groups in total. The van der Waals surface area contributed by atoms with Gasteiger partial charge >= 0.3 is 0 Å². The van der Waals surface area contributed by atoms with Crippen LogP contribution >= 0.6 is 0 Å². The van der Waals surface area contributed by atoms with Crippen LogP contribution < -0.4 is 10.2 Å². The molecule has 1 saturated heterocycles. The molecule has 1 aromatic carbocycles. The summed E-state index contributed by atoms with van der Waals surface area (Å²) in [6, 6.07) is 8.59. The first-order chi connectivity index (χ1) is 10.2. The summed E-state index contributed by atoms with van der Waals surface area (Å²) >= 11 is 0. The topological polar surface area (TPSA) is 30.9 Å². The smallest absolute Gasteiger partial charge is 0.194 e. The van der Waals surface area contributed by atoms with Crippen molar-refractivity contribution in [1.29, 1.82) is 0 Å². The first-order valence-corrected chi connectivity index (χ1v) is 7.93. The molecule has 0 radical (unpaired) electrons. The fourth-order valence-electron chi connectivity index (χ4n) is 2.82. The van der Waals surface area contributed by atoms with Gasteiger partial charge in [0.05, 0.1) is 0 Å². The molecule has 2 rings (SSSR count). The number of likely N-dealkylation sites (tertiary alicyclic amines) is 1. The normalized spacial score (nSPS) is 19.6. The lowest BCUT2D eigenvalue weighted by Gasteiger charge is -2.62. The van der Waals surface area contributed by atoms with Gasteiger partial charge in [-0.05, 0) is 31.5 Å². The fourth-order valence-corrected chi connectivity index (χ4v) is 2.82. The Hall–Kier alpha value is -1.71. The average Bonchev–Trinajstić information content (AvgIpc) is 2.47. The number of anilines is 1. The molecule has 122 valence electrons. The molecular formula is C18H30N4. The van der Waals surface area contributed by atoms with Crippen LogP contribution in [-0.2, 0) is 6.54 Å². The summed E-state index contributed by atoms with van der Waals surface area (Å²) in [5.74, 6) is 0.986. The molecule has 4 nitrogen and oxygen atoms in total. The van der Waals surface area contributed by atoms with Crippen molar-refractivity contribution in [3.05, 3.63) is 29.8 Å². The van der Waals surface area contributed by atoms with Gasteiger partial charge in [0.15, 0.2) is 5.96 Å². The van der Waals surface area contributed by atoms with Crippen molar-refractivity contribution in [3.63, 3.8) is 0 Å². The highest BCUT2D eigenvalue weighted by atomic mass is 15.4. The summed E-state index contributed by atoms with van der Waals surface area (Å²) in [5.41, 5.74) is 2.93. The SMILES string of the molecule is CN=C(NCc1cccc(N(C)C)c1)N1CC(C)(C)C1(C)C. The molecule has 0 spiro atoms. The zero-order chi connectivity index (χ0) is 16.5. The van der Waals surface area contributed by atoms with Gasteiger partial charge < -0.3 is 15.1 Å². The van der Waals surface area contributed by atoms with Gasteiger partial charge in [0, 0.05) is 50.9 Å². The van der Waals surface area contributed by atoms with Gasteiger partial charge in [-0.2, -0.15) is 0 Å². The highest BCUT2D eigenvalue weighted by molar-refractivity contribution is 5.82. The third-order valence-electron chi connectivity index (χ3n) is 5.23. The molecule has 1 heterocycles. The van der Waals surface area contributed by atoms with E-state index in [9.17, 15) is 0 Å². The number of nitrogens with one attached hydrogen (secondary N) is 1. The van der Waals surface area contributed by atoms with Crippen LogP contribution in [0.2, 0.25) is 0 Å². The molecule has 0 bridgehead atoms. The van der Waals surface area contributed by atoms with Crippen LogP contribution in [0.3, 0.4) is 0 Å². The summed E-state index contributed by atoms with van der Waals surface area (Å²) in [5, 5.41) is 3.50. The van der Waals surface area contributed by atoms with Crippen molar-refractivity contribution >= 4 is 11.6 Å². The summed E-state index contributed by atoms with van der Waals surface area (Å²) in [4.78, 5) is 8.95. The van der Waals surface area contributed by atoms with Crippen LogP contribution in [0.4, 0.5) is 5.69 Å². The zero-order valence-electron chi connectivity index (χ0n) is 15.1. The van der Waals surface area contributed by atoms with Crippen molar-refractivity contribution in [1.82, 2.24) is 10.2 Å². The van der Waals surface area contributed by atoms with E-state index in [1.165, 1.54) is 11.3 Å². The molecule has 0 saturated carbocycles. The third kappa shape index (κ3) is 2.92. The molecule has 1 aliphatic rings. The van der Waals surface area contributed by atoms with Gasteiger partial charge in [0.2, 0.25) is 0 Å². The molecule has 0 amide bonds. The highest BCUT2D eigenvalue weighted by Gasteiger charge is 2.53. The van der Waals surface area contributed by atoms with Crippen molar-refractivity contribution in [3.8, 4) is 0 Å². The number of nitrogens with zero attached hydrogens (tertiary/aromatic N) is 3. The lowest BCUT2D eigenvalue weighted by molar-refractivity contribution is -0.0667. The Morgan fingerprint density at radius 3 is 2.45 bits per heavy atom. The standard InChI is InChI=1S/C18H30N4/c1-17(2)13-22(18(17,3)4)16(19-5)20-12-14-9-8-10-15(11-14)21(6)7/h8-11H,12-13H2,1-7H3,(H,19,20). The fraction of sp³-hybridized carbons (Fsp3) is 0.611. The number of benzene rings is 1. The Balaban J connectivity index is 2.03. The van der Waals surface area contributed by atoms with E-state index >= 15 is 0 Å². The summed E-state index contributed by atoms with van der Waals surface area (Å²) in [6.45, 7) is 11.0.